The average Bonchev–Trinajstić information content (AvgIpc) is 2.42. The normalized spacial score (nSPS) is 12.7. The Morgan fingerprint density at radius 3 is 2.29 bits per heavy atom. The van der Waals surface area contributed by atoms with E-state index >= 15 is 0 Å². The van der Waals surface area contributed by atoms with Crippen LogP contribution in [-0.4, -0.2) is 0 Å². The lowest BCUT2D eigenvalue weighted by molar-refractivity contribution is 0.644. The molecule has 0 saturated carbocycles. The summed E-state index contributed by atoms with van der Waals surface area (Å²) in [5.74, 6) is 0.645. The van der Waals surface area contributed by atoms with Gasteiger partial charge in [0.15, 0.2) is 0 Å². The van der Waals surface area contributed by atoms with Gasteiger partial charge in [-0.3, -0.25) is 0 Å². The lowest BCUT2D eigenvalue weighted by atomic mass is 9.95. The van der Waals surface area contributed by atoms with Crippen LogP contribution in [0.4, 0.5) is 0 Å². The summed E-state index contributed by atoms with van der Waals surface area (Å²) >= 11 is 12.0. The van der Waals surface area contributed by atoms with Crippen molar-refractivity contribution in [3.8, 4) is 0 Å². The molecule has 0 aliphatic carbocycles. The highest BCUT2D eigenvalue weighted by molar-refractivity contribution is 6.42. The van der Waals surface area contributed by atoms with Crippen LogP contribution in [0, 0.1) is 5.92 Å². The predicted octanol–water partition coefficient (Wildman–Crippen LogP) is 5.43. The average molecular weight is 322 g/mol. The molecule has 0 aliphatic heterocycles. The van der Waals surface area contributed by atoms with Gasteiger partial charge in [0.05, 0.1) is 10.0 Å². The smallest absolute Gasteiger partial charge is 0.0595 e. The van der Waals surface area contributed by atoms with Crippen molar-refractivity contribution in [2.45, 2.75) is 32.7 Å². The Morgan fingerprint density at radius 1 is 0.905 bits per heavy atom. The van der Waals surface area contributed by atoms with E-state index in [1.807, 2.05) is 18.2 Å². The van der Waals surface area contributed by atoms with Crippen LogP contribution < -0.4 is 5.73 Å². The van der Waals surface area contributed by atoms with Gasteiger partial charge in [-0.25, -0.2) is 0 Å². The Morgan fingerprint density at radius 2 is 1.62 bits per heavy atom. The van der Waals surface area contributed by atoms with Crippen LogP contribution in [0.1, 0.15) is 36.6 Å². The van der Waals surface area contributed by atoms with Gasteiger partial charge >= 0.3 is 0 Å². The molecule has 0 spiro atoms. The van der Waals surface area contributed by atoms with Crippen LogP contribution in [0.25, 0.3) is 0 Å². The fourth-order valence-electron chi connectivity index (χ4n) is 2.46. The van der Waals surface area contributed by atoms with Crippen LogP contribution >= 0.6 is 23.2 Å². The van der Waals surface area contributed by atoms with Crippen LogP contribution in [0.3, 0.4) is 0 Å². The number of benzene rings is 2. The standard InChI is InChI=1S/C18H21Cl2N/c1-12(2)8-13-4-3-5-15(9-13)18(21)11-14-6-7-16(19)17(20)10-14/h3-7,9-10,12,18H,8,11,21H2,1-2H3. The van der Waals surface area contributed by atoms with Crippen LogP contribution in [0.5, 0.6) is 0 Å². The molecule has 1 nitrogen and oxygen atoms in total. The molecule has 2 aromatic rings. The van der Waals surface area contributed by atoms with Gasteiger partial charge in [0.1, 0.15) is 0 Å². The van der Waals surface area contributed by atoms with E-state index in [2.05, 4.69) is 38.1 Å². The minimum atomic E-state index is -0.0330. The molecule has 112 valence electrons. The van der Waals surface area contributed by atoms with Gasteiger partial charge in [-0.2, -0.15) is 0 Å². The van der Waals surface area contributed by atoms with Crippen LogP contribution in [0.15, 0.2) is 42.5 Å². The quantitative estimate of drug-likeness (QED) is 0.780. The molecule has 1 unspecified atom stereocenters. The molecule has 21 heavy (non-hydrogen) atoms. The van der Waals surface area contributed by atoms with Crippen molar-refractivity contribution in [2.75, 3.05) is 0 Å². The Bertz CT molecular complexity index is 608. The third-order valence-electron chi connectivity index (χ3n) is 3.46. The van der Waals surface area contributed by atoms with E-state index in [1.165, 1.54) is 11.1 Å². The highest BCUT2D eigenvalue weighted by Gasteiger charge is 2.09. The van der Waals surface area contributed by atoms with Gasteiger partial charge in [0.25, 0.3) is 0 Å². The number of hydrogen-bond acceptors (Lipinski definition) is 1. The largest absolute Gasteiger partial charge is 0.324 e. The maximum absolute atomic E-state index is 6.34. The second-order valence-corrected chi connectivity index (χ2v) is 6.72. The van der Waals surface area contributed by atoms with E-state index in [1.54, 1.807) is 0 Å². The minimum absolute atomic E-state index is 0.0330. The zero-order valence-corrected chi connectivity index (χ0v) is 14.0. The SMILES string of the molecule is CC(C)Cc1cccc(C(N)Cc2ccc(Cl)c(Cl)c2)c1. The summed E-state index contributed by atoms with van der Waals surface area (Å²) in [6, 6.07) is 14.2. The number of hydrogen-bond donors (Lipinski definition) is 1. The first-order valence-corrected chi connectivity index (χ1v) is 7.99. The van der Waals surface area contributed by atoms with Crippen molar-refractivity contribution in [1.82, 2.24) is 0 Å². The molecule has 1 atom stereocenters. The predicted molar refractivity (Wildman–Crippen MR) is 92.1 cm³/mol. The van der Waals surface area contributed by atoms with E-state index in [4.69, 9.17) is 28.9 Å². The number of halogens is 2. The zero-order valence-electron chi connectivity index (χ0n) is 12.4. The molecular weight excluding hydrogens is 301 g/mol. The molecular formula is C18H21Cl2N. The molecule has 2 aromatic carbocycles. The summed E-state index contributed by atoms with van der Waals surface area (Å²) in [4.78, 5) is 0. The van der Waals surface area contributed by atoms with Gasteiger partial charge in [0, 0.05) is 6.04 Å². The molecule has 0 bridgehead atoms. The summed E-state index contributed by atoms with van der Waals surface area (Å²) in [6.07, 6.45) is 1.83. The van der Waals surface area contributed by atoms with Gasteiger partial charge in [-0.15, -0.1) is 0 Å². The highest BCUT2D eigenvalue weighted by atomic mass is 35.5. The molecule has 0 amide bonds. The lowest BCUT2D eigenvalue weighted by Crippen LogP contribution is -2.13. The van der Waals surface area contributed by atoms with E-state index in [9.17, 15) is 0 Å². The van der Waals surface area contributed by atoms with Crippen molar-refractivity contribution < 1.29 is 0 Å². The molecule has 3 heteroatoms. The second-order valence-electron chi connectivity index (χ2n) is 5.90. The van der Waals surface area contributed by atoms with Gasteiger partial charge < -0.3 is 5.73 Å². The maximum atomic E-state index is 6.34. The lowest BCUT2D eigenvalue weighted by Gasteiger charge is -2.14. The third kappa shape index (κ3) is 4.74. The summed E-state index contributed by atoms with van der Waals surface area (Å²) < 4.78 is 0. The fraction of sp³-hybridized carbons (Fsp3) is 0.333. The monoisotopic (exact) mass is 321 g/mol. The van der Waals surface area contributed by atoms with Crippen molar-refractivity contribution >= 4 is 23.2 Å². The molecule has 0 radical (unpaired) electrons. The molecule has 0 heterocycles. The Labute approximate surface area is 137 Å². The minimum Gasteiger partial charge on any atom is -0.324 e. The Kier molecular flexibility index (Phi) is 5.69. The van der Waals surface area contributed by atoms with Crippen LogP contribution in [-0.2, 0) is 12.8 Å². The third-order valence-corrected chi connectivity index (χ3v) is 4.20. The summed E-state index contributed by atoms with van der Waals surface area (Å²) in [5, 5.41) is 1.16. The topological polar surface area (TPSA) is 26.0 Å². The van der Waals surface area contributed by atoms with E-state index in [0.29, 0.717) is 16.0 Å². The summed E-state index contributed by atoms with van der Waals surface area (Å²) in [7, 11) is 0. The molecule has 2 rings (SSSR count). The second kappa shape index (κ2) is 7.31. The summed E-state index contributed by atoms with van der Waals surface area (Å²) in [6.45, 7) is 4.45. The summed E-state index contributed by atoms with van der Waals surface area (Å²) in [5.41, 5.74) is 9.95. The number of nitrogens with two attached hydrogens (primary N) is 1. The first-order valence-electron chi connectivity index (χ1n) is 7.24. The Balaban J connectivity index is 2.12. The molecule has 0 fully saturated rings. The first kappa shape index (κ1) is 16.4. The molecule has 0 aromatic heterocycles. The Hall–Kier alpha value is -1.02. The maximum Gasteiger partial charge on any atom is 0.0595 e. The molecule has 0 aliphatic rings. The van der Waals surface area contributed by atoms with Crippen molar-refractivity contribution in [3.05, 3.63) is 69.2 Å². The van der Waals surface area contributed by atoms with Crippen molar-refractivity contribution in [3.63, 3.8) is 0 Å². The van der Waals surface area contributed by atoms with Crippen molar-refractivity contribution in [1.29, 1.82) is 0 Å². The van der Waals surface area contributed by atoms with E-state index in [0.717, 1.165) is 18.4 Å². The number of rotatable bonds is 5. The zero-order chi connectivity index (χ0) is 15.4. The fourth-order valence-corrected chi connectivity index (χ4v) is 2.78. The van der Waals surface area contributed by atoms with Gasteiger partial charge in [0.2, 0.25) is 0 Å². The molecule has 2 N–H and O–H groups in total. The van der Waals surface area contributed by atoms with Gasteiger partial charge in [-0.1, -0.05) is 67.4 Å². The first-order chi connectivity index (χ1) is 9.95. The van der Waals surface area contributed by atoms with E-state index < -0.39 is 0 Å². The van der Waals surface area contributed by atoms with Gasteiger partial charge in [-0.05, 0) is 47.6 Å². The van der Waals surface area contributed by atoms with E-state index in [-0.39, 0.29) is 6.04 Å². The van der Waals surface area contributed by atoms with Crippen LogP contribution in [0.2, 0.25) is 10.0 Å². The van der Waals surface area contributed by atoms with Crippen molar-refractivity contribution in [2.24, 2.45) is 11.7 Å². The highest BCUT2D eigenvalue weighted by Crippen LogP contribution is 2.25. The molecule has 0 saturated heterocycles.